The van der Waals surface area contributed by atoms with E-state index in [-0.39, 0.29) is 10.8 Å². The fourth-order valence-electron chi connectivity index (χ4n) is 12.1. The van der Waals surface area contributed by atoms with Crippen molar-refractivity contribution in [3.05, 3.63) is 246 Å². The monoisotopic (exact) mass is 803 g/mol. The molecule has 0 saturated carbocycles. The Balaban J connectivity index is 1.02. The molecule has 0 fully saturated rings. The van der Waals surface area contributed by atoms with Gasteiger partial charge in [0, 0.05) is 27.9 Å². The van der Waals surface area contributed by atoms with Gasteiger partial charge in [-0.2, -0.15) is 0 Å². The lowest BCUT2D eigenvalue weighted by molar-refractivity contribution is 0.626. The van der Waals surface area contributed by atoms with E-state index in [2.05, 4.69) is 231 Å². The van der Waals surface area contributed by atoms with Crippen molar-refractivity contribution in [2.45, 2.75) is 37.5 Å². The fraction of sp³-hybridized carbons (Fsp3) is 0.0968. The first-order chi connectivity index (χ1) is 31.0. The molecule has 1 unspecified atom stereocenters. The molecule has 3 aliphatic rings. The number of hydrogen-bond donors (Lipinski definition) is 0. The quantitative estimate of drug-likeness (QED) is 0.157. The van der Waals surface area contributed by atoms with Crippen LogP contribution in [0.3, 0.4) is 0 Å². The van der Waals surface area contributed by atoms with Crippen molar-refractivity contribution in [3.8, 4) is 44.5 Å². The van der Waals surface area contributed by atoms with Crippen molar-refractivity contribution in [1.82, 2.24) is 0 Å². The van der Waals surface area contributed by atoms with E-state index in [1.54, 1.807) is 0 Å². The van der Waals surface area contributed by atoms with Gasteiger partial charge in [-0.05, 0) is 149 Å². The molecule has 0 saturated heterocycles. The van der Waals surface area contributed by atoms with Crippen LogP contribution in [0.4, 0.5) is 17.1 Å². The summed E-state index contributed by atoms with van der Waals surface area (Å²) < 4.78 is 0. The van der Waals surface area contributed by atoms with Crippen molar-refractivity contribution < 1.29 is 0 Å². The molecule has 3 aliphatic carbocycles. The zero-order chi connectivity index (χ0) is 41.9. The Kier molecular flexibility index (Phi) is 7.76. The predicted molar refractivity (Wildman–Crippen MR) is 265 cm³/mol. The number of nitrogens with zero attached hydrogens (tertiary/aromatic N) is 1. The fourth-order valence-corrected chi connectivity index (χ4v) is 12.1. The van der Waals surface area contributed by atoms with Gasteiger partial charge in [0.2, 0.25) is 0 Å². The highest BCUT2D eigenvalue weighted by Crippen LogP contribution is 2.59. The molecular formula is C62H45N. The van der Waals surface area contributed by atoms with Gasteiger partial charge in [0.05, 0.1) is 0 Å². The van der Waals surface area contributed by atoms with Gasteiger partial charge in [0.15, 0.2) is 0 Å². The molecule has 0 aliphatic heterocycles. The van der Waals surface area contributed by atoms with Gasteiger partial charge >= 0.3 is 0 Å². The third-order valence-corrected chi connectivity index (χ3v) is 14.8. The largest absolute Gasteiger partial charge is 0.310 e. The molecule has 0 amide bonds. The molecule has 0 aromatic heterocycles. The van der Waals surface area contributed by atoms with Gasteiger partial charge < -0.3 is 4.90 Å². The van der Waals surface area contributed by atoms with E-state index in [0.29, 0.717) is 0 Å². The molecule has 298 valence electrons. The number of benzene rings is 10. The molecule has 1 spiro atoms. The normalized spacial score (nSPS) is 16.2. The van der Waals surface area contributed by atoms with Crippen LogP contribution in [0, 0.1) is 0 Å². The van der Waals surface area contributed by atoms with Gasteiger partial charge in [-0.3, -0.25) is 0 Å². The Labute approximate surface area is 369 Å². The minimum Gasteiger partial charge on any atom is -0.310 e. The molecule has 1 heteroatoms. The van der Waals surface area contributed by atoms with E-state index in [1.165, 1.54) is 99.4 Å². The van der Waals surface area contributed by atoms with Crippen LogP contribution < -0.4 is 4.90 Å². The third-order valence-electron chi connectivity index (χ3n) is 14.8. The van der Waals surface area contributed by atoms with Crippen LogP contribution in [-0.2, 0) is 17.3 Å². The molecule has 0 radical (unpaired) electrons. The Morgan fingerprint density at radius 1 is 0.365 bits per heavy atom. The summed E-state index contributed by atoms with van der Waals surface area (Å²) in [5, 5.41) is 5.09. The van der Waals surface area contributed by atoms with Crippen LogP contribution in [0.25, 0.3) is 66.1 Å². The number of rotatable bonds is 5. The zero-order valence-corrected chi connectivity index (χ0v) is 35.6. The van der Waals surface area contributed by atoms with Crippen LogP contribution in [-0.4, -0.2) is 0 Å². The second-order valence-electron chi connectivity index (χ2n) is 18.4. The summed E-state index contributed by atoms with van der Waals surface area (Å²) in [7, 11) is 0. The number of fused-ring (bicyclic) bond motifs is 13. The first-order valence-corrected chi connectivity index (χ1v) is 22.5. The van der Waals surface area contributed by atoms with E-state index >= 15 is 0 Å². The summed E-state index contributed by atoms with van der Waals surface area (Å²) in [5.41, 5.74) is 22.0. The highest BCUT2D eigenvalue weighted by molar-refractivity contribution is 6.12. The van der Waals surface area contributed by atoms with Crippen molar-refractivity contribution in [3.63, 3.8) is 0 Å². The van der Waals surface area contributed by atoms with E-state index in [4.69, 9.17) is 0 Å². The summed E-state index contributed by atoms with van der Waals surface area (Å²) >= 11 is 0. The molecule has 63 heavy (non-hydrogen) atoms. The maximum absolute atomic E-state index is 2.53. The van der Waals surface area contributed by atoms with E-state index in [1.807, 2.05) is 0 Å². The molecule has 10 aromatic carbocycles. The summed E-state index contributed by atoms with van der Waals surface area (Å²) in [6, 6.07) is 80.0. The van der Waals surface area contributed by atoms with E-state index in [9.17, 15) is 0 Å². The Hall–Kier alpha value is -7.48. The summed E-state index contributed by atoms with van der Waals surface area (Å²) in [6.07, 6.45) is 2.14. The average molecular weight is 804 g/mol. The maximum Gasteiger partial charge on any atom is 0.0470 e. The maximum atomic E-state index is 2.53. The van der Waals surface area contributed by atoms with Crippen LogP contribution in [0.1, 0.15) is 53.6 Å². The van der Waals surface area contributed by atoms with Gasteiger partial charge in [-0.1, -0.05) is 190 Å². The highest BCUT2D eigenvalue weighted by atomic mass is 15.1. The van der Waals surface area contributed by atoms with Crippen molar-refractivity contribution in [2.75, 3.05) is 4.90 Å². The van der Waals surface area contributed by atoms with Gasteiger partial charge in [-0.25, -0.2) is 0 Å². The van der Waals surface area contributed by atoms with Crippen molar-refractivity contribution in [1.29, 1.82) is 0 Å². The van der Waals surface area contributed by atoms with E-state index in [0.717, 1.165) is 29.9 Å². The first kappa shape index (κ1) is 36.2. The Morgan fingerprint density at radius 2 is 0.937 bits per heavy atom. The Morgan fingerprint density at radius 3 is 1.76 bits per heavy atom. The van der Waals surface area contributed by atoms with Crippen LogP contribution in [0.2, 0.25) is 0 Å². The minimum atomic E-state index is -0.190. The summed E-state index contributed by atoms with van der Waals surface area (Å²) in [6.45, 7) is 4.77. The molecule has 0 bridgehead atoms. The van der Waals surface area contributed by atoms with Gasteiger partial charge in [0.1, 0.15) is 0 Å². The highest BCUT2D eigenvalue weighted by Gasteiger charge is 2.48. The van der Waals surface area contributed by atoms with Crippen LogP contribution >= 0.6 is 0 Å². The average Bonchev–Trinajstić information content (AvgIpc) is 3.95. The van der Waals surface area contributed by atoms with Crippen molar-refractivity contribution >= 4 is 38.6 Å². The molecular weight excluding hydrogens is 759 g/mol. The van der Waals surface area contributed by atoms with Crippen molar-refractivity contribution in [2.24, 2.45) is 0 Å². The molecule has 1 atom stereocenters. The number of aryl methyl sites for hydroxylation is 1. The second-order valence-corrected chi connectivity index (χ2v) is 18.4. The smallest absolute Gasteiger partial charge is 0.0470 e. The predicted octanol–water partition coefficient (Wildman–Crippen LogP) is 16.4. The van der Waals surface area contributed by atoms with E-state index < -0.39 is 0 Å². The number of hydrogen-bond acceptors (Lipinski definition) is 1. The standard InChI is InChI=1S/C62H45N/c1-61(2)57-29-9-6-23-53(57)55-27-14-25-49(60(55)61)43-18-12-20-45(38-43)63(44-19-11-17-42(37-44)48-24-13-26-50-47-21-5-3-15-40(47)31-33-51(48)50)46-32-34-54-52-22-7-10-30-58(52)62(59(54)39-46)36-35-41-16-4-8-28-56(41)62/h3-34,37-39H,35-36H2,1-2H3. The topological polar surface area (TPSA) is 3.24 Å². The second kappa shape index (κ2) is 13.5. The zero-order valence-electron chi connectivity index (χ0n) is 35.6. The van der Waals surface area contributed by atoms with Gasteiger partial charge in [0.25, 0.3) is 0 Å². The molecule has 1 nitrogen and oxygen atoms in total. The van der Waals surface area contributed by atoms with Gasteiger partial charge in [-0.15, -0.1) is 0 Å². The molecule has 10 aromatic rings. The lowest BCUT2D eigenvalue weighted by Gasteiger charge is -2.31. The minimum absolute atomic E-state index is 0.128. The SMILES string of the molecule is CC1(C)c2ccccc2-c2cccc(-c3cccc(N(c4cccc(-c5cccc6c5ccc5ccccc56)c4)c4ccc5c(c4)C4(CCc6ccccc64)c4ccccc4-5)c3)c21. The van der Waals surface area contributed by atoms with Crippen LogP contribution in [0.5, 0.6) is 0 Å². The molecule has 0 N–H and O–H groups in total. The summed E-state index contributed by atoms with van der Waals surface area (Å²) in [5.74, 6) is 0. The lowest BCUT2D eigenvalue weighted by atomic mass is 9.73. The molecule has 13 rings (SSSR count). The third kappa shape index (κ3) is 5.17. The number of anilines is 3. The molecule has 0 heterocycles. The summed E-state index contributed by atoms with van der Waals surface area (Å²) in [4.78, 5) is 2.51. The Bertz CT molecular complexity index is 3510. The lowest BCUT2D eigenvalue weighted by Crippen LogP contribution is -2.24. The first-order valence-electron chi connectivity index (χ1n) is 22.5. The van der Waals surface area contributed by atoms with Crippen LogP contribution in [0.15, 0.2) is 212 Å².